The number of hydrogen-bond acceptors (Lipinski definition) is 3. The zero-order chi connectivity index (χ0) is 14.1. The van der Waals surface area contributed by atoms with E-state index in [-0.39, 0.29) is 11.4 Å². The van der Waals surface area contributed by atoms with Crippen molar-refractivity contribution in [3.8, 4) is 22.4 Å². The summed E-state index contributed by atoms with van der Waals surface area (Å²) in [6.45, 7) is 0. The molecule has 3 rings (SSSR count). The van der Waals surface area contributed by atoms with Crippen molar-refractivity contribution in [3.63, 3.8) is 0 Å². The van der Waals surface area contributed by atoms with Crippen molar-refractivity contribution in [1.82, 2.24) is 15.2 Å². The van der Waals surface area contributed by atoms with Gasteiger partial charge in [-0.1, -0.05) is 6.07 Å². The van der Waals surface area contributed by atoms with Crippen molar-refractivity contribution in [3.05, 3.63) is 54.4 Å². The Morgan fingerprint density at radius 3 is 2.55 bits per heavy atom. The highest BCUT2D eigenvalue weighted by Crippen LogP contribution is 2.35. The number of benzene rings is 1. The van der Waals surface area contributed by atoms with E-state index in [1.165, 1.54) is 12.1 Å². The molecule has 0 radical (unpaired) electrons. The molecule has 100 valence electrons. The van der Waals surface area contributed by atoms with Crippen LogP contribution in [-0.2, 0) is 0 Å². The fourth-order valence-corrected chi connectivity index (χ4v) is 2.06. The quantitative estimate of drug-likeness (QED) is 0.753. The fraction of sp³-hybridized carbons (Fsp3) is 0. The van der Waals surface area contributed by atoms with Crippen LogP contribution in [0.3, 0.4) is 0 Å². The van der Waals surface area contributed by atoms with Crippen LogP contribution in [-0.4, -0.2) is 15.2 Å². The third kappa shape index (κ3) is 1.91. The SMILES string of the molecule is Nc1n[nH]c(-c2cccc(F)c2F)c1-c1ccncc1. The van der Waals surface area contributed by atoms with Gasteiger partial charge in [0.2, 0.25) is 0 Å². The number of hydrogen-bond donors (Lipinski definition) is 2. The van der Waals surface area contributed by atoms with Crippen molar-refractivity contribution < 1.29 is 8.78 Å². The first kappa shape index (κ1) is 12.3. The monoisotopic (exact) mass is 272 g/mol. The molecule has 0 bridgehead atoms. The third-order valence-electron chi connectivity index (χ3n) is 2.98. The van der Waals surface area contributed by atoms with Crippen LogP contribution in [0.2, 0.25) is 0 Å². The number of halogens is 2. The summed E-state index contributed by atoms with van der Waals surface area (Å²) in [6.07, 6.45) is 3.18. The molecule has 0 fully saturated rings. The number of H-pyrrole nitrogens is 1. The summed E-state index contributed by atoms with van der Waals surface area (Å²) >= 11 is 0. The van der Waals surface area contributed by atoms with E-state index in [2.05, 4.69) is 15.2 Å². The summed E-state index contributed by atoms with van der Waals surface area (Å²) in [5.41, 5.74) is 7.49. The molecule has 0 unspecified atom stereocenters. The maximum Gasteiger partial charge on any atom is 0.168 e. The maximum absolute atomic E-state index is 13.9. The molecule has 2 heterocycles. The number of anilines is 1. The van der Waals surface area contributed by atoms with E-state index in [1.807, 2.05) is 0 Å². The number of nitrogens with one attached hydrogen (secondary N) is 1. The Morgan fingerprint density at radius 2 is 1.80 bits per heavy atom. The average Bonchev–Trinajstić information content (AvgIpc) is 2.84. The molecule has 0 amide bonds. The molecule has 2 aromatic heterocycles. The summed E-state index contributed by atoms with van der Waals surface area (Å²) in [4.78, 5) is 3.91. The lowest BCUT2D eigenvalue weighted by atomic mass is 10.0. The van der Waals surface area contributed by atoms with E-state index in [4.69, 9.17) is 5.73 Å². The second-order valence-electron chi connectivity index (χ2n) is 4.20. The van der Waals surface area contributed by atoms with Crippen molar-refractivity contribution in [2.75, 3.05) is 5.73 Å². The number of aromatic nitrogens is 3. The molecule has 0 atom stereocenters. The summed E-state index contributed by atoms with van der Waals surface area (Å²) < 4.78 is 27.3. The van der Waals surface area contributed by atoms with Crippen LogP contribution in [0, 0.1) is 11.6 Å². The van der Waals surface area contributed by atoms with E-state index in [9.17, 15) is 8.78 Å². The van der Waals surface area contributed by atoms with Gasteiger partial charge in [0.25, 0.3) is 0 Å². The van der Waals surface area contributed by atoms with Gasteiger partial charge in [-0.05, 0) is 29.8 Å². The normalized spacial score (nSPS) is 10.7. The fourth-order valence-electron chi connectivity index (χ4n) is 2.06. The number of aromatic amines is 1. The Hall–Kier alpha value is -2.76. The van der Waals surface area contributed by atoms with Gasteiger partial charge < -0.3 is 5.73 Å². The van der Waals surface area contributed by atoms with Gasteiger partial charge in [0.1, 0.15) is 0 Å². The zero-order valence-corrected chi connectivity index (χ0v) is 10.3. The second-order valence-corrected chi connectivity index (χ2v) is 4.20. The number of nitrogens with zero attached hydrogens (tertiary/aromatic N) is 2. The predicted molar refractivity (Wildman–Crippen MR) is 71.6 cm³/mol. The first-order valence-electron chi connectivity index (χ1n) is 5.87. The highest BCUT2D eigenvalue weighted by molar-refractivity contribution is 5.87. The van der Waals surface area contributed by atoms with Crippen LogP contribution >= 0.6 is 0 Å². The van der Waals surface area contributed by atoms with E-state index in [1.54, 1.807) is 24.5 Å². The largest absolute Gasteiger partial charge is 0.382 e. The highest BCUT2D eigenvalue weighted by atomic mass is 19.2. The third-order valence-corrected chi connectivity index (χ3v) is 2.98. The van der Waals surface area contributed by atoms with Crippen LogP contribution in [0.5, 0.6) is 0 Å². The molecule has 0 saturated heterocycles. The lowest BCUT2D eigenvalue weighted by Gasteiger charge is -2.06. The van der Waals surface area contributed by atoms with Crippen LogP contribution < -0.4 is 5.73 Å². The van der Waals surface area contributed by atoms with Crippen LogP contribution in [0.1, 0.15) is 0 Å². The number of pyridine rings is 1. The Bertz CT molecular complexity index is 753. The molecule has 1 aromatic carbocycles. The molecule has 0 aliphatic carbocycles. The van der Waals surface area contributed by atoms with Gasteiger partial charge in [-0.15, -0.1) is 0 Å². The number of rotatable bonds is 2. The summed E-state index contributed by atoms with van der Waals surface area (Å²) in [5, 5.41) is 6.54. The van der Waals surface area contributed by atoms with Gasteiger partial charge in [-0.2, -0.15) is 5.10 Å². The van der Waals surface area contributed by atoms with E-state index < -0.39 is 11.6 Å². The Labute approximate surface area is 113 Å². The van der Waals surface area contributed by atoms with E-state index >= 15 is 0 Å². The predicted octanol–water partition coefficient (Wildman–Crippen LogP) is 3.00. The first-order valence-corrected chi connectivity index (χ1v) is 5.87. The molecule has 4 nitrogen and oxygen atoms in total. The Kier molecular flexibility index (Phi) is 2.90. The lowest BCUT2D eigenvalue weighted by molar-refractivity contribution is 0.511. The van der Waals surface area contributed by atoms with Gasteiger partial charge >= 0.3 is 0 Å². The first-order chi connectivity index (χ1) is 9.68. The van der Waals surface area contributed by atoms with Gasteiger partial charge in [0.05, 0.1) is 11.3 Å². The standard InChI is InChI=1S/C14H10F2N4/c15-10-3-1-2-9(12(10)16)13-11(14(17)20-19-13)8-4-6-18-7-5-8/h1-7H,(H3,17,19,20). The number of nitrogens with two attached hydrogens (primary N) is 1. The van der Waals surface area contributed by atoms with Gasteiger partial charge in [0, 0.05) is 18.0 Å². The zero-order valence-electron chi connectivity index (χ0n) is 10.3. The minimum absolute atomic E-state index is 0.0843. The summed E-state index contributed by atoms with van der Waals surface area (Å²) in [6, 6.07) is 7.41. The van der Waals surface area contributed by atoms with Crippen molar-refractivity contribution in [2.45, 2.75) is 0 Å². The summed E-state index contributed by atoms with van der Waals surface area (Å²) in [5.74, 6) is -1.64. The molecule has 0 spiro atoms. The molecule has 0 aliphatic heterocycles. The topological polar surface area (TPSA) is 67.6 Å². The van der Waals surface area contributed by atoms with Gasteiger partial charge in [0.15, 0.2) is 17.5 Å². The van der Waals surface area contributed by atoms with Crippen LogP contribution in [0.15, 0.2) is 42.7 Å². The molecular weight excluding hydrogens is 262 g/mol. The molecular formula is C14H10F2N4. The van der Waals surface area contributed by atoms with Gasteiger partial charge in [-0.3, -0.25) is 10.1 Å². The maximum atomic E-state index is 13.9. The molecule has 0 aliphatic rings. The van der Waals surface area contributed by atoms with Crippen molar-refractivity contribution >= 4 is 5.82 Å². The highest BCUT2D eigenvalue weighted by Gasteiger charge is 2.19. The number of nitrogen functional groups attached to an aromatic ring is 1. The molecule has 3 N–H and O–H groups in total. The minimum atomic E-state index is -0.938. The molecule has 0 saturated carbocycles. The Balaban J connectivity index is 2.24. The van der Waals surface area contributed by atoms with Crippen LogP contribution in [0.4, 0.5) is 14.6 Å². The van der Waals surface area contributed by atoms with E-state index in [0.717, 1.165) is 11.6 Å². The molecule has 20 heavy (non-hydrogen) atoms. The minimum Gasteiger partial charge on any atom is -0.382 e. The lowest BCUT2D eigenvalue weighted by Crippen LogP contribution is -1.92. The average molecular weight is 272 g/mol. The van der Waals surface area contributed by atoms with Crippen LogP contribution in [0.25, 0.3) is 22.4 Å². The van der Waals surface area contributed by atoms with Gasteiger partial charge in [-0.25, -0.2) is 8.78 Å². The Morgan fingerprint density at radius 1 is 1.05 bits per heavy atom. The second kappa shape index (κ2) is 4.73. The summed E-state index contributed by atoms with van der Waals surface area (Å²) in [7, 11) is 0. The smallest absolute Gasteiger partial charge is 0.168 e. The molecule has 3 aromatic rings. The van der Waals surface area contributed by atoms with Crippen molar-refractivity contribution in [2.24, 2.45) is 0 Å². The van der Waals surface area contributed by atoms with Crippen molar-refractivity contribution in [1.29, 1.82) is 0 Å². The molecule has 6 heteroatoms. The van der Waals surface area contributed by atoms with E-state index in [0.29, 0.717) is 11.3 Å².